The summed E-state index contributed by atoms with van der Waals surface area (Å²) in [5.74, 6) is 0. The third kappa shape index (κ3) is 2.35. The van der Waals surface area contributed by atoms with Crippen LogP contribution < -0.4 is 5.56 Å². The van der Waals surface area contributed by atoms with Crippen molar-refractivity contribution in [2.24, 2.45) is 0 Å². The van der Waals surface area contributed by atoms with Gasteiger partial charge in [-0.3, -0.25) is 19.5 Å². The Balaban J connectivity index is 2.39. The van der Waals surface area contributed by atoms with E-state index >= 15 is 0 Å². The summed E-state index contributed by atoms with van der Waals surface area (Å²) in [5.41, 5.74) is 0.203. The first-order valence-electron chi connectivity index (χ1n) is 5.59. The first-order valence-corrected chi connectivity index (χ1v) is 7.58. The van der Waals surface area contributed by atoms with Crippen molar-refractivity contribution in [3.05, 3.63) is 60.6 Å². The zero-order chi connectivity index (χ0) is 15.1. The van der Waals surface area contributed by atoms with Gasteiger partial charge in [-0.05, 0) is 45.5 Å². The van der Waals surface area contributed by atoms with Gasteiger partial charge in [0.2, 0.25) is 0 Å². The van der Waals surface area contributed by atoms with Crippen LogP contribution in [0.25, 0.3) is 15.9 Å². The summed E-state index contributed by atoms with van der Waals surface area (Å²) >= 11 is 9.88. The van der Waals surface area contributed by atoms with E-state index in [1.54, 1.807) is 18.2 Å². The van der Waals surface area contributed by atoms with Gasteiger partial charge in [-0.2, -0.15) is 0 Å². The summed E-state index contributed by atoms with van der Waals surface area (Å²) in [6.07, 6.45) is 1.45. The Morgan fingerprint density at radius 2 is 2.10 bits per heavy atom. The lowest BCUT2D eigenvalue weighted by Crippen LogP contribution is -2.16. The summed E-state index contributed by atoms with van der Waals surface area (Å²) in [7, 11) is 0. The number of hydrogen-bond acceptors (Lipinski definition) is 5. The largest absolute Gasteiger partial charge is 0.340 e. The normalized spacial score (nSPS) is 11.0. The Hall–Kier alpha value is -1.77. The van der Waals surface area contributed by atoms with Gasteiger partial charge in [0, 0.05) is 11.5 Å². The highest BCUT2D eigenvalue weighted by atomic mass is 79.9. The summed E-state index contributed by atoms with van der Waals surface area (Å²) in [6, 6.07) is 6.11. The SMILES string of the molecule is O=c1ccc2c(Br)c([N+](=O)[O-])sc2n1-c1ccc(Cl)nc1. The van der Waals surface area contributed by atoms with Crippen LogP contribution in [0.5, 0.6) is 0 Å². The van der Waals surface area contributed by atoms with E-state index in [1.165, 1.54) is 16.8 Å². The molecule has 0 aliphatic rings. The van der Waals surface area contributed by atoms with Crippen LogP contribution in [0.3, 0.4) is 0 Å². The third-order valence-electron chi connectivity index (χ3n) is 2.80. The predicted molar refractivity (Wildman–Crippen MR) is 84.6 cm³/mol. The number of nitrogens with zero attached hydrogens (tertiary/aromatic N) is 3. The molecular formula is C12H5BrClN3O3S. The minimum Gasteiger partial charge on any atom is -0.269 e. The first-order chi connectivity index (χ1) is 9.99. The maximum atomic E-state index is 12.1. The third-order valence-corrected chi connectivity index (χ3v) is 5.23. The standard InChI is InChI=1S/C12H5BrClN3O3S/c13-10-7-2-4-9(18)16(6-1-3-8(14)15-5-6)11(7)21-12(10)17(19)20/h1-5H. The Kier molecular flexibility index (Phi) is 3.52. The molecule has 0 radical (unpaired) electrons. The maximum Gasteiger partial charge on any atom is 0.340 e. The quantitative estimate of drug-likeness (QED) is 0.381. The molecule has 0 aliphatic heterocycles. The van der Waals surface area contributed by atoms with Crippen molar-refractivity contribution in [3.63, 3.8) is 0 Å². The van der Waals surface area contributed by atoms with Gasteiger partial charge in [-0.15, -0.1) is 0 Å². The van der Waals surface area contributed by atoms with Crippen molar-refractivity contribution in [1.29, 1.82) is 0 Å². The van der Waals surface area contributed by atoms with Gasteiger partial charge < -0.3 is 0 Å². The lowest BCUT2D eigenvalue weighted by Gasteiger charge is -2.06. The molecule has 0 atom stereocenters. The molecule has 3 aromatic heterocycles. The van der Waals surface area contributed by atoms with Crippen LogP contribution >= 0.6 is 38.9 Å². The van der Waals surface area contributed by atoms with Gasteiger partial charge >= 0.3 is 5.00 Å². The molecule has 0 aliphatic carbocycles. The van der Waals surface area contributed by atoms with Crippen LogP contribution in [0.15, 0.2) is 39.7 Å². The van der Waals surface area contributed by atoms with Gasteiger partial charge in [0.15, 0.2) is 0 Å². The van der Waals surface area contributed by atoms with E-state index < -0.39 is 4.92 Å². The second kappa shape index (κ2) is 5.21. The number of halogens is 2. The van der Waals surface area contributed by atoms with E-state index in [9.17, 15) is 14.9 Å². The number of fused-ring (bicyclic) bond motifs is 1. The fourth-order valence-electron chi connectivity index (χ4n) is 1.90. The molecule has 0 saturated carbocycles. The van der Waals surface area contributed by atoms with Crippen molar-refractivity contribution in [3.8, 4) is 5.69 Å². The van der Waals surface area contributed by atoms with Crippen LogP contribution in [0.1, 0.15) is 0 Å². The molecule has 0 bridgehead atoms. The van der Waals surface area contributed by atoms with Gasteiger partial charge in [0.25, 0.3) is 5.56 Å². The van der Waals surface area contributed by atoms with Crippen molar-refractivity contribution in [1.82, 2.24) is 9.55 Å². The maximum absolute atomic E-state index is 12.1. The molecule has 3 rings (SSSR count). The highest BCUT2D eigenvalue weighted by Gasteiger charge is 2.22. The van der Waals surface area contributed by atoms with Gasteiger partial charge in [0.05, 0.1) is 16.8 Å². The van der Waals surface area contributed by atoms with Crippen LogP contribution in [-0.4, -0.2) is 14.5 Å². The number of rotatable bonds is 2. The highest BCUT2D eigenvalue weighted by molar-refractivity contribution is 9.10. The molecule has 3 heterocycles. The first kappa shape index (κ1) is 14.2. The molecule has 0 fully saturated rings. The van der Waals surface area contributed by atoms with Gasteiger partial charge in [-0.1, -0.05) is 11.6 Å². The summed E-state index contributed by atoms with van der Waals surface area (Å²) in [5, 5.41) is 11.9. The minimum absolute atomic E-state index is 0.0497. The van der Waals surface area contributed by atoms with Crippen LogP contribution in [-0.2, 0) is 0 Å². The molecule has 6 nitrogen and oxygen atoms in total. The monoisotopic (exact) mass is 385 g/mol. The highest BCUT2D eigenvalue weighted by Crippen LogP contribution is 2.40. The predicted octanol–water partition coefficient (Wildman–Crippen LogP) is 3.77. The lowest BCUT2D eigenvalue weighted by atomic mass is 10.3. The van der Waals surface area contributed by atoms with E-state index in [1.807, 2.05) is 0 Å². The zero-order valence-electron chi connectivity index (χ0n) is 10.1. The molecule has 9 heteroatoms. The molecule has 0 N–H and O–H groups in total. The van der Waals surface area contributed by atoms with E-state index in [-0.39, 0.29) is 10.6 Å². The summed E-state index contributed by atoms with van der Waals surface area (Å²) in [6.45, 7) is 0. The molecule has 0 amide bonds. The Morgan fingerprint density at radius 1 is 1.33 bits per heavy atom. The minimum atomic E-state index is -0.482. The number of nitro groups is 1. The Bertz CT molecular complexity index is 920. The van der Waals surface area contributed by atoms with Crippen LogP contribution in [0.2, 0.25) is 5.15 Å². The van der Waals surface area contributed by atoms with E-state index in [2.05, 4.69) is 20.9 Å². The average Bonchev–Trinajstić information content (AvgIpc) is 2.78. The lowest BCUT2D eigenvalue weighted by molar-refractivity contribution is -0.380. The molecule has 3 aromatic rings. The fourth-order valence-corrected chi connectivity index (χ4v) is 3.88. The smallest absolute Gasteiger partial charge is 0.269 e. The molecule has 0 saturated heterocycles. The Labute approximate surface area is 134 Å². The van der Waals surface area contributed by atoms with E-state index in [0.29, 0.717) is 25.5 Å². The van der Waals surface area contributed by atoms with Crippen molar-refractivity contribution in [2.75, 3.05) is 0 Å². The average molecular weight is 387 g/mol. The molecule has 0 spiro atoms. The van der Waals surface area contributed by atoms with Crippen molar-refractivity contribution in [2.45, 2.75) is 0 Å². The summed E-state index contributed by atoms with van der Waals surface area (Å²) < 4.78 is 1.74. The van der Waals surface area contributed by atoms with Crippen molar-refractivity contribution >= 4 is 54.1 Å². The zero-order valence-corrected chi connectivity index (χ0v) is 13.3. The molecular weight excluding hydrogens is 382 g/mol. The topological polar surface area (TPSA) is 78.0 Å². The van der Waals surface area contributed by atoms with Gasteiger partial charge in [0.1, 0.15) is 14.5 Å². The summed E-state index contributed by atoms with van der Waals surface area (Å²) in [4.78, 5) is 27.1. The van der Waals surface area contributed by atoms with E-state index in [4.69, 9.17) is 11.6 Å². The molecule has 21 heavy (non-hydrogen) atoms. The number of thiophene rings is 1. The second-order valence-electron chi connectivity index (χ2n) is 4.04. The molecule has 106 valence electrons. The molecule has 0 unspecified atom stereocenters. The van der Waals surface area contributed by atoms with Gasteiger partial charge in [-0.25, -0.2) is 4.98 Å². The molecule has 0 aromatic carbocycles. The Morgan fingerprint density at radius 3 is 2.71 bits per heavy atom. The number of pyridine rings is 2. The fraction of sp³-hybridized carbons (Fsp3) is 0. The van der Waals surface area contributed by atoms with Crippen molar-refractivity contribution < 1.29 is 4.92 Å². The number of aromatic nitrogens is 2. The van der Waals surface area contributed by atoms with E-state index in [0.717, 1.165) is 11.3 Å². The second-order valence-corrected chi connectivity index (χ2v) is 6.20. The van der Waals surface area contributed by atoms with Crippen LogP contribution in [0, 0.1) is 10.1 Å². The van der Waals surface area contributed by atoms with Crippen LogP contribution in [0.4, 0.5) is 5.00 Å². The number of hydrogen-bond donors (Lipinski definition) is 0.